The molecule has 1 N–H and O–H groups in total. The maximum atomic E-state index is 13.3. The van der Waals surface area contributed by atoms with Crippen LogP contribution in [0.4, 0.5) is 4.39 Å². The zero-order chi connectivity index (χ0) is 19.4. The van der Waals surface area contributed by atoms with Crippen LogP contribution in [0, 0.1) is 12.7 Å². The zero-order valence-corrected chi connectivity index (χ0v) is 15.4. The summed E-state index contributed by atoms with van der Waals surface area (Å²) < 4.78 is 25.8. The molecule has 0 bridgehead atoms. The Morgan fingerprint density at radius 1 is 1.41 bits per heavy atom. The Morgan fingerprint density at radius 3 is 2.93 bits per heavy atom. The summed E-state index contributed by atoms with van der Waals surface area (Å²) in [6, 6.07) is 7.36. The maximum Gasteiger partial charge on any atom is 0.274 e. The number of nitrogens with zero attached hydrogens (tertiary/aromatic N) is 3. The smallest absolute Gasteiger partial charge is 0.274 e. The van der Waals surface area contributed by atoms with Gasteiger partial charge in [0.2, 0.25) is 0 Å². The fourth-order valence-electron chi connectivity index (χ4n) is 2.58. The molecule has 27 heavy (non-hydrogen) atoms. The highest BCUT2D eigenvalue weighted by Gasteiger charge is 2.22. The van der Waals surface area contributed by atoms with E-state index in [-0.39, 0.29) is 24.2 Å². The van der Waals surface area contributed by atoms with Gasteiger partial charge in [0.1, 0.15) is 23.9 Å². The predicted octanol–water partition coefficient (Wildman–Crippen LogP) is 3.41. The third-order valence-corrected chi connectivity index (χ3v) is 4.16. The molecule has 2 aromatic heterocycles. The monoisotopic (exact) mass is 372 g/mol. The minimum atomic E-state index is -0.396. The first-order chi connectivity index (χ1) is 13.0. The van der Waals surface area contributed by atoms with Gasteiger partial charge in [-0.1, -0.05) is 11.2 Å². The number of nitrogens with one attached hydrogen (secondary N) is 1. The van der Waals surface area contributed by atoms with E-state index in [0.717, 1.165) is 12.2 Å². The maximum absolute atomic E-state index is 13.3. The second kappa shape index (κ2) is 8.03. The Kier molecular flexibility index (Phi) is 5.54. The molecule has 8 heteroatoms. The number of rotatable bonds is 7. The van der Waals surface area contributed by atoms with E-state index in [1.54, 1.807) is 23.7 Å². The van der Waals surface area contributed by atoms with E-state index < -0.39 is 5.82 Å². The summed E-state index contributed by atoms with van der Waals surface area (Å²) in [7, 11) is 0. The molecule has 2 heterocycles. The lowest BCUT2D eigenvalue weighted by Gasteiger charge is -2.11. The summed E-state index contributed by atoms with van der Waals surface area (Å²) in [5, 5.41) is 11.1. The van der Waals surface area contributed by atoms with E-state index in [4.69, 9.17) is 9.26 Å². The van der Waals surface area contributed by atoms with Gasteiger partial charge < -0.3 is 14.6 Å². The van der Waals surface area contributed by atoms with Gasteiger partial charge in [-0.3, -0.25) is 9.48 Å². The molecule has 0 aliphatic rings. The van der Waals surface area contributed by atoms with Gasteiger partial charge in [0.15, 0.2) is 5.69 Å². The average Bonchev–Trinajstić information content (AvgIpc) is 3.26. The SMILES string of the molecule is CCn1ccc(C(C)NC(=O)c2noc(C)c2COc2cccc(F)c2)n1. The van der Waals surface area contributed by atoms with Crippen LogP contribution in [-0.2, 0) is 13.2 Å². The molecule has 3 rings (SSSR count). The highest BCUT2D eigenvalue weighted by molar-refractivity contribution is 5.94. The largest absolute Gasteiger partial charge is 0.489 e. The molecule has 0 radical (unpaired) electrons. The molecule has 0 saturated carbocycles. The quantitative estimate of drug-likeness (QED) is 0.687. The molecule has 3 aromatic rings. The average molecular weight is 372 g/mol. The number of ether oxygens (including phenoxy) is 1. The molecule has 1 unspecified atom stereocenters. The molecule has 1 atom stereocenters. The summed E-state index contributed by atoms with van der Waals surface area (Å²) in [6.45, 7) is 6.32. The first kappa shape index (κ1) is 18.6. The molecule has 0 saturated heterocycles. The number of hydrogen-bond acceptors (Lipinski definition) is 5. The standard InChI is InChI=1S/C19H21FN4O3/c1-4-24-9-8-17(22-24)12(2)21-19(25)18-16(13(3)27-23-18)11-26-15-7-5-6-14(20)10-15/h5-10,12H,4,11H2,1-3H3,(H,21,25). The highest BCUT2D eigenvalue weighted by Crippen LogP contribution is 2.19. The molecule has 0 fully saturated rings. The Balaban J connectivity index is 1.70. The van der Waals surface area contributed by atoms with Gasteiger partial charge in [-0.15, -0.1) is 0 Å². The van der Waals surface area contributed by atoms with Gasteiger partial charge in [-0.2, -0.15) is 5.10 Å². The molecule has 142 valence electrons. The minimum Gasteiger partial charge on any atom is -0.489 e. The van der Waals surface area contributed by atoms with Gasteiger partial charge in [-0.25, -0.2) is 4.39 Å². The van der Waals surface area contributed by atoms with Crippen molar-refractivity contribution in [2.75, 3.05) is 0 Å². The third kappa shape index (κ3) is 4.33. The lowest BCUT2D eigenvalue weighted by atomic mass is 10.1. The predicted molar refractivity (Wildman–Crippen MR) is 95.8 cm³/mol. The summed E-state index contributed by atoms with van der Waals surface area (Å²) >= 11 is 0. The molecule has 0 spiro atoms. The summed E-state index contributed by atoms with van der Waals surface area (Å²) in [4.78, 5) is 12.6. The number of aryl methyl sites for hydroxylation is 2. The fraction of sp³-hybridized carbons (Fsp3) is 0.316. The number of aromatic nitrogens is 3. The van der Waals surface area contributed by atoms with Crippen LogP contribution in [-0.4, -0.2) is 20.8 Å². The van der Waals surface area contributed by atoms with Crippen LogP contribution in [0.25, 0.3) is 0 Å². The molecular formula is C19H21FN4O3. The summed E-state index contributed by atoms with van der Waals surface area (Å²) in [6.07, 6.45) is 1.86. The van der Waals surface area contributed by atoms with Crippen molar-refractivity contribution in [3.8, 4) is 5.75 Å². The van der Waals surface area contributed by atoms with E-state index in [1.807, 2.05) is 26.1 Å². The van der Waals surface area contributed by atoms with Gasteiger partial charge >= 0.3 is 0 Å². The summed E-state index contributed by atoms with van der Waals surface area (Å²) in [5.74, 6) is 0.0518. The van der Waals surface area contributed by atoms with Gasteiger partial charge in [0.25, 0.3) is 5.91 Å². The molecule has 1 amide bonds. The zero-order valence-electron chi connectivity index (χ0n) is 15.4. The number of halogens is 1. The topological polar surface area (TPSA) is 82.2 Å². The van der Waals surface area contributed by atoms with Crippen molar-refractivity contribution in [3.05, 3.63) is 65.1 Å². The van der Waals surface area contributed by atoms with E-state index in [9.17, 15) is 9.18 Å². The second-order valence-corrected chi connectivity index (χ2v) is 6.10. The number of carbonyl (C=O) groups excluding carboxylic acids is 1. The first-order valence-electron chi connectivity index (χ1n) is 8.65. The van der Waals surface area contributed by atoms with Crippen molar-refractivity contribution in [3.63, 3.8) is 0 Å². The minimum absolute atomic E-state index is 0.0420. The molecule has 0 aliphatic carbocycles. The number of hydrogen-bond donors (Lipinski definition) is 1. The molecule has 1 aromatic carbocycles. The number of amides is 1. The van der Waals surface area contributed by atoms with Gasteiger partial charge in [0, 0.05) is 18.8 Å². The van der Waals surface area contributed by atoms with Crippen LogP contribution in [0.2, 0.25) is 0 Å². The third-order valence-electron chi connectivity index (χ3n) is 4.16. The molecule has 7 nitrogen and oxygen atoms in total. The lowest BCUT2D eigenvalue weighted by Crippen LogP contribution is -2.28. The van der Waals surface area contributed by atoms with Crippen LogP contribution in [0.15, 0.2) is 41.1 Å². The van der Waals surface area contributed by atoms with Crippen LogP contribution in [0.3, 0.4) is 0 Å². The van der Waals surface area contributed by atoms with Crippen molar-refractivity contribution in [2.45, 2.75) is 40.0 Å². The van der Waals surface area contributed by atoms with Crippen molar-refractivity contribution in [1.82, 2.24) is 20.3 Å². The van der Waals surface area contributed by atoms with Crippen molar-refractivity contribution in [1.29, 1.82) is 0 Å². The van der Waals surface area contributed by atoms with Gasteiger partial charge in [0.05, 0.1) is 17.3 Å². The normalized spacial score (nSPS) is 12.0. The Labute approximate surface area is 156 Å². The first-order valence-corrected chi connectivity index (χ1v) is 8.65. The van der Waals surface area contributed by atoms with Crippen LogP contribution in [0.5, 0.6) is 5.75 Å². The second-order valence-electron chi connectivity index (χ2n) is 6.10. The number of benzene rings is 1. The Morgan fingerprint density at radius 2 is 2.22 bits per heavy atom. The highest BCUT2D eigenvalue weighted by atomic mass is 19.1. The van der Waals surface area contributed by atoms with E-state index >= 15 is 0 Å². The Hall–Kier alpha value is -3.16. The molecule has 0 aliphatic heterocycles. The van der Waals surface area contributed by atoms with Gasteiger partial charge in [-0.05, 0) is 39.0 Å². The Bertz CT molecular complexity index is 935. The number of carbonyl (C=O) groups is 1. The molecular weight excluding hydrogens is 351 g/mol. The fourth-order valence-corrected chi connectivity index (χ4v) is 2.58. The van der Waals surface area contributed by atoms with E-state index in [1.165, 1.54) is 12.1 Å². The summed E-state index contributed by atoms with van der Waals surface area (Å²) in [5.41, 5.74) is 1.41. The lowest BCUT2D eigenvalue weighted by molar-refractivity contribution is 0.0927. The van der Waals surface area contributed by atoms with Crippen molar-refractivity contribution >= 4 is 5.91 Å². The van der Waals surface area contributed by atoms with Crippen LogP contribution in [0.1, 0.15) is 47.4 Å². The van der Waals surface area contributed by atoms with Crippen molar-refractivity contribution in [2.24, 2.45) is 0 Å². The van der Waals surface area contributed by atoms with E-state index in [2.05, 4.69) is 15.6 Å². The van der Waals surface area contributed by atoms with E-state index in [0.29, 0.717) is 17.1 Å². The van der Waals surface area contributed by atoms with Crippen LogP contribution < -0.4 is 10.1 Å². The van der Waals surface area contributed by atoms with Crippen molar-refractivity contribution < 1.29 is 18.4 Å². The van der Waals surface area contributed by atoms with Crippen LogP contribution >= 0.6 is 0 Å².